The van der Waals surface area contributed by atoms with Gasteiger partial charge in [-0.25, -0.2) is 9.97 Å². The van der Waals surface area contributed by atoms with E-state index in [1.807, 2.05) is 31.3 Å². The van der Waals surface area contributed by atoms with Gasteiger partial charge in [0, 0.05) is 28.4 Å². The van der Waals surface area contributed by atoms with Crippen LogP contribution in [0.3, 0.4) is 0 Å². The summed E-state index contributed by atoms with van der Waals surface area (Å²) >= 11 is 0. The minimum atomic E-state index is 0.666. The molecule has 0 aliphatic carbocycles. The van der Waals surface area contributed by atoms with Crippen LogP contribution in [-0.4, -0.2) is 16.6 Å². The maximum Gasteiger partial charge on any atom is 0.227 e. The van der Waals surface area contributed by atoms with Crippen LogP contribution >= 0.6 is 0 Å². The highest BCUT2D eigenvalue weighted by Gasteiger charge is 2.31. The molecule has 5 aromatic rings. The van der Waals surface area contributed by atoms with Crippen LogP contribution in [0, 0.1) is 6.92 Å². The van der Waals surface area contributed by atoms with Gasteiger partial charge in [0.25, 0.3) is 0 Å². The highest BCUT2D eigenvalue weighted by atomic mass is 16.3. The lowest BCUT2D eigenvalue weighted by atomic mass is 10.1. The zero-order valence-corrected chi connectivity index (χ0v) is 15.9. The van der Waals surface area contributed by atoms with Gasteiger partial charge in [-0.3, -0.25) is 0 Å². The van der Waals surface area contributed by atoms with Gasteiger partial charge in [0.2, 0.25) is 5.71 Å². The Morgan fingerprint density at radius 3 is 2.55 bits per heavy atom. The predicted molar refractivity (Wildman–Crippen MR) is 116 cm³/mol. The summed E-state index contributed by atoms with van der Waals surface area (Å²) in [5.74, 6) is 0.924. The Morgan fingerprint density at radius 2 is 1.66 bits per heavy atom. The van der Waals surface area contributed by atoms with Gasteiger partial charge in [-0.1, -0.05) is 30.3 Å². The van der Waals surface area contributed by atoms with Gasteiger partial charge in [0.05, 0.1) is 11.4 Å². The van der Waals surface area contributed by atoms with Gasteiger partial charge in [0.1, 0.15) is 6.67 Å². The molecule has 6 rings (SSSR count). The number of nitrogens with zero attached hydrogens (tertiary/aromatic N) is 4. The fourth-order valence-electron chi connectivity index (χ4n) is 4.08. The van der Waals surface area contributed by atoms with E-state index in [4.69, 9.17) is 9.40 Å². The summed E-state index contributed by atoms with van der Waals surface area (Å²) in [7, 11) is 0. The number of furan rings is 1. The molecule has 0 saturated carbocycles. The monoisotopic (exact) mass is 378 g/mol. The fourth-order valence-corrected chi connectivity index (χ4v) is 4.08. The topological polar surface area (TPSA) is 45.4 Å². The van der Waals surface area contributed by atoms with Crippen molar-refractivity contribution >= 4 is 44.9 Å². The SMILES string of the molecule is Cc1ccc2c(n1)oc1c(N3CN(c4ccccc4)c4cccnc43)cccc12. The third-order valence-corrected chi connectivity index (χ3v) is 5.44. The zero-order valence-electron chi connectivity index (χ0n) is 15.9. The first-order valence-corrected chi connectivity index (χ1v) is 9.63. The second-order valence-electron chi connectivity index (χ2n) is 7.24. The number of hydrogen-bond donors (Lipinski definition) is 0. The first-order chi connectivity index (χ1) is 14.3. The number of fused-ring (bicyclic) bond motifs is 4. The van der Waals surface area contributed by atoms with Crippen molar-refractivity contribution in [3.63, 3.8) is 0 Å². The van der Waals surface area contributed by atoms with Crippen LogP contribution in [0.2, 0.25) is 0 Å². The van der Waals surface area contributed by atoms with Crippen LogP contribution in [-0.2, 0) is 0 Å². The summed E-state index contributed by atoms with van der Waals surface area (Å²) < 4.78 is 6.23. The molecule has 0 unspecified atom stereocenters. The molecule has 0 radical (unpaired) electrons. The van der Waals surface area contributed by atoms with Gasteiger partial charge >= 0.3 is 0 Å². The Morgan fingerprint density at radius 1 is 0.793 bits per heavy atom. The van der Waals surface area contributed by atoms with Crippen molar-refractivity contribution in [3.05, 3.63) is 84.7 Å². The van der Waals surface area contributed by atoms with Crippen molar-refractivity contribution in [1.82, 2.24) is 9.97 Å². The molecule has 1 aliphatic heterocycles. The summed E-state index contributed by atoms with van der Waals surface area (Å²) in [6.07, 6.45) is 1.84. The molecule has 1 aliphatic rings. The van der Waals surface area contributed by atoms with E-state index < -0.39 is 0 Å². The summed E-state index contributed by atoms with van der Waals surface area (Å²) in [5.41, 5.74) is 5.68. The van der Waals surface area contributed by atoms with Gasteiger partial charge in [0.15, 0.2) is 11.4 Å². The van der Waals surface area contributed by atoms with Gasteiger partial charge < -0.3 is 14.2 Å². The normalized spacial score (nSPS) is 13.4. The maximum atomic E-state index is 6.23. The first-order valence-electron chi connectivity index (χ1n) is 9.63. The van der Waals surface area contributed by atoms with Crippen molar-refractivity contribution < 1.29 is 4.42 Å². The van der Waals surface area contributed by atoms with Crippen molar-refractivity contribution in [3.8, 4) is 0 Å². The molecule has 3 aromatic heterocycles. The van der Waals surface area contributed by atoms with Crippen LogP contribution in [0.4, 0.5) is 22.9 Å². The average molecular weight is 378 g/mol. The van der Waals surface area contributed by atoms with Crippen molar-refractivity contribution in [2.45, 2.75) is 6.92 Å². The van der Waals surface area contributed by atoms with E-state index in [-0.39, 0.29) is 0 Å². The molecule has 2 aromatic carbocycles. The third-order valence-electron chi connectivity index (χ3n) is 5.44. The smallest absolute Gasteiger partial charge is 0.227 e. The molecule has 4 heterocycles. The Balaban J connectivity index is 1.55. The number of hydrogen-bond acceptors (Lipinski definition) is 5. The number of rotatable bonds is 2. The minimum absolute atomic E-state index is 0.666. The number of aryl methyl sites for hydroxylation is 1. The van der Waals surface area contributed by atoms with E-state index in [2.05, 4.69) is 69.4 Å². The molecule has 0 spiro atoms. The summed E-state index contributed by atoms with van der Waals surface area (Å²) in [5, 5.41) is 2.11. The molecule has 29 heavy (non-hydrogen) atoms. The average Bonchev–Trinajstić information content (AvgIpc) is 3.32. The largest absolute Gasteiger partial charge is 0.435 e. The van der Waals surface area contributed by atoms with Crippen LogP contribution in [0.25, 0.3) is 22.1 Å². The third kappa shape index (κ3) is 2.41. The van der Waals surface area contributed by atoms with Crippen LogP contribution in [0.1, 0.15) is 5.69 Å². The highest BCUT2D eigenvalue weighted by Crippen LogP contribution is 2.45. The molecule has 0 bridgehead atoms. The van der Waals surface area contributed by atoms with E-state index in [1.165, 1.54) is 0 Å². The van der Waals surface area contributed by atoms with Gasteiger partial charge in [-0.05, 0) is 49.4 Å². The Bertz CT molecular complexity index is 1360. The molecular formula is C24H18N4O. The molecule has 0 fully saturated rings. The van der Waals surface area contributed by atoms with Crippen molar-refractivity contribution in [2.75, 3.05) is 16.5 Å². The molecule has 140 valence electrons. The van der Waals surface area contributed by atoms with Crippen LogP contribution in [0.15, 0.2) is 83.4 Å². The molecule has 0 N–H and O–H groups in total. The minimum Gasteiger partial charge on any atom is -0.435 e. The lowest BCUT2D eigenvalue weighted by Crippen LogP contribution is -2.24. The number of para-hydroxylation sites is 2. The quantitative estimate of drug-likeness (QED) is 0.381. The van der Waals surface area contributed by atoms with Gasteiger partial charge in [-0.2, -0.15) is 0 Å². The van der Waals surface area contributed by atoms with E-state index in [9.17, 15) is 0 Å². The first kappa shape index (κ1) is 16.1. The van der Waals surface area contributed by atoms with E-state index >= 15 is 0 Å². The standard InChI is InChI=1S/C24H18N4O/c1-16-12-13-19-18-9-5-10-20(22(18)29-24(19)26-16)28-15-27(17-7-3-2-4-8-17)21-11-6-14-25-23(21)28/h2-14H,15H2,1H3. The van der Waals surface area contributed by atoms with Gasteiger partial charge in [-0.15, -0.1) is 0 Å². The lowest BCUT2D eigenvalue weighted by molar-refractivity contribution is 0.652. The summed E-state index contributed by atoms with van der Waals surface area (Å²) in [6.45, 7) is 2.64. The summed E-state index contributed by atoms with van der Waals surface area (Å²) in [4.78, 5) is 13.7. The number of aromatic nitrogens is 2. The number of pyridine rings is 2. The molecule has 5 nitrogen and oxygen atoms in total. The van der Waals surface area contributed by atoms with Crippen molar-refractivity contribution in [2.24, 2.45) is 0 Å². The summed E-state index contributed by atoms with van der Waals surface area (Å²) in [6, 6.07) is 24.8. The second-order valence-corrected chi connectivity index (χ2v) is 7.24. The fraction of sp³-hybridized carbons (Fsp3) is 0.0833. The molecular weight excluding hydrogens is 360 g/mol. The Hall–Kier alpha value is -3.86. The Labute approximate surface area is 167 Å². The van der Waals surface area contributed by atoms with Crippen LogP contribution in [0.5, 0.6) is 0 Å². The molecule has 0 atom stereocenters. The number of benzene rings is 2. The lowest BCUT2D eigenvalue weighted by Gasteiger charge is -2.21. The second kappa shape index (κ2) is 6.07. The van der Waals surface area contributed by atoms with Crippen LogP contribution < -0.4 is 9.80 Å². The molecule has 0 saturated heterocycles. The Kier molecular flexibility index (Phi) is 3.38. The molecule has 5 heteroatoms. The number of anilines is 4. The zero-order chi connectivity index (χ0) is 19.4. The highest BCUT2D eigenvalue weighted by molar-refractivity contribution is 6.09. The van der Waals surface area contributed by atoms with E-state index in [0.717, 1.165) is 44.9 Å². The van der Waals surface area contributed by atoms with E-state index in [0.29, 0.717) is 12.4 Å². The maximum absolute atomic E-state index is 6.23. The van der Waals surface area contributed by atoms with E-state index in [1.54, 1.807) is 0 Å². The molecule has 0 amide bonds. The van der Waals surface area contributed by atoms with Crippen molar-refractivity contribution in [1.29, 1.82) is 0 Å². The predicted octanol–water partition coefficient (Wildman–Crippen LogP) is 5.93.